The van der Waals surface area contributed by atoms with Gasteiger partial charge in [0.25, 0.3) is 10.0 Å². The van der Waals surface area contributed by atoms with Gasteiger partial charge in [0.2, 0.25) is 0 Å². The molecule has 2 aromatic rings. The molecule has 22 heavy (non-hydrogen) atoms. The Morgan fingerprint density at radius 3 is 2.68 bits per heavy atom. The molecular formula is C12H11ClN2O4S3. The second-order valence-electron chi connectivity index (χ2n) is 4.66. The highest BCUT2D eigenvalue weighted by Gasteiger charge is 2.33. The summed E-state index contributed by atoms with van der Waals surface area (Å²) >= 11 is 7.70. The Hall–Kier alpha value is -1.16. The lowest BCUT2D eigenvalue weighted by Crippen LogP contribution is -2.11. The number of ether oxygens (including phenoxy) is 1. The number of nitrogens with zero attached hydrogens (tertiary/aromatic N) is 1. The topological polar surface area (TPSA) is 85.4 Å². The van der Waals surface area contributed by atoms with Gasteiger partial charge in [0.05, 0.1) is 17.1 Å². The fourth-order valence-corrected chi connectivity index (χ4v) is 5.54. The smallest absolute Gasteiger partial charge is 0.350 e. The van der Waals surface area contributed by atoms with E-state index >= 15 is 0 Å². The fourth-order valence-electron chi connectivity index (χ4n) is 1.86. The predicted molar refractivity (Wildman–Crippen MR) is 85.6 cm³/mol. The Morgan fingerprint density at radius 2 is 2.14 bits per heavy atom. The van der Waals surface area contributed by atoms with E-state index in [-0.39, 0.29) is 15.3 Å². The number of hydrogen-bond acceptors (Lipinski definition) is 7. The number of methoxy groups -OCH3 is 1. The molecule has 2 aromatic heterocycles. The van der Waals surface area contributed by atoms with Gasteiger partial charge < -0.3 is 4.74 Å². The van der Waals surface area contributed by atoms with Gasteiger partial charge in [0.1, 0.15) is 9.09 Å². The average Bonchev–Trinajstić information content (AvgIpc) is 3.08. The third-order valence-electron chi connectivity index (χ3n) is 3.02. The molecule has 0 radical (unpaired) electrons. The minimum absolute atomic E-state index is 0.0975. The Balaban J connectivity index is 1.91. The van der Waals surface area contributed by atoms with E-state index in [1.54, 1.807) is 0 Å². The first-order valence-corrected chi connectivity index (χ1v) is 9.77. The van der Waals surface area contributed by atoms with Gasteiger partial charge in [-0.2, -0.15) is 0 Å². The zero-order valence-electron chi connectivity index (χ0n) is 11.3. The molecule has 10 heteroatoms. The molecule has 118 valence electrons. The van der Waals surface area contributed by atoms with Gasteiger partial charge in [0.15, 0.2) is 5.13 Å². The summed E-state index contributed by atoms with van der Waals surface area (Å²) in [5.74, 6) is -0.288. The molecule has 3 rings (SSSR count). The molecule has 1 aliphatic carbocycles. The van der Waals surface area contributed by atoms with E-state index in [0.717, 1.165) is 35.5 Å². The molecule has 0 aromatic carbocycles. The minimum Gasteiger partial charge on any atom is -0.465 e. The number of rotatable bonds is 5. The van der Waals surface area contributed by atoms with E-state index < -0.39 is 16.0 Å². The van der Waals surface area contributed by atoms with Crippen LogP contribution in [-0.4, -0.2) is 26.5 Å². The fraction of sp³-hybridized carbons (Fsp3) is 0.333. The van der Waals surface area contributed by atoms with Crippen LogP contribution >= 0.6 is 34.3 Å². The predicted octanol–water partition coefficient (Wildman–Crippen LogP) is 3.32. The summed E-state index contributed by atoms with van der Waals surface area (Å²) in [6.07, 6.45) is 1.89. The zero-order valence-corrected chi connectivity index (χ0v) is 14.5. The molecular weight excluding hydrogens is 368 g/mol. The maximum atomic E-state index is 12.3. The van der Waals surface area contributed by atoms with Gasteiger partial charge in [-0.05, 0) is 25.0 Å². The van der Waals surface area contributed by atoms with Crippen molar-refractivity contribution in [3.8, 4) is 0 Å². The first-order chi connectivity index (χ1) is 10.4. The maximum Gasteiger partial charge on any atom is 0.350 e. The lowest BCUT2D eigenvalue weighted by molar-refractivity contribution is 0.0604. The standard InChI is InChI=1S/C12H11ClN2O4S3/c1-19-11(16)10-9(6-2-3-6)14-12(21-10)15-22(17,18)8-5-4-7(13)20-8/h4-6H,2-3H2,1H3,(H,14,15). The third-order valence-corrected chi connectivity index (χ3v) is 7.18. The van der Waals surface area contributed by atoms with Crippen molar-refractivity contribution >= 4 is 55.4 Å². The monoisotopic (exact) mass is 378 g/mol. The second kappa shape index (κ2) is 5.80. The highest BCUT2D eigenvalue weighted by molar-refractivity contribution is 7.94. The number of carbonyl (C=O) groups is 1. The number of nitrogens with one attached hydrogen (secondary N) is 1. The molecule has 1 fully saturated rings. The van der Waals surface area contributed by atoms with Crippen molar-refractivity contribution in [1.29, 1.82) is 0 Å². The molecule has 0 saturated heterocycles. The van der Waals surface area contributed by atoms with Gasteiger partial charge in [-0.3, -0.25) is 4.72 Å². The largest absolute Gasteiger partial charge is 0.465 e. The molecule has 0 spiro atoms. The number of carbonyl (C=O) groups excluding carboxylic acids is 1. The lowest BCUT2D eigenvalue weighted by Gasteiger charge is -2.01. The van der Waals surface area contributed by atoms with Gasteiger partial charge >= 0.3 is 5.97 Å². The van der Waals surface area contributed by atoms with Crippen molar-refractivity contribution in [3.05, 3.63) is 27.0 Å². The van der Waals surface area contributed by atoms with Crippen molar-refractivity contribution in [3.63, 3.8) is 0 Å². The summed E-state index contributed by atoms with van der Waals surface area (Å²) in [7, 11) is -2.47. The molecule has 0 bridgehead atoms. The number of thiophene rings is 1. The van der Waals surface area contributed by atoms with Crippen LogP contribution in [0, 0.1) is 0 Å². The van der Waals surface area contributed by atoms with Crippen LogP contribution in [0.1, 0.15) is 34.1 Å². The SMILES string of the molecule is COC(=O)c1sc(NS(=O)(=O)c2ccc(Cl)s2)nc1C1CC1. The number of anilines is 1. The van der Waals surface area contributed by atoms with Crippen molar-refractivity contribution in [1.82, 2.24) is 4.98 Å². The first kappa shape index (κ1) is 15.7. The normalized spacial score (nSPS) is 14.8. The molecule has 0 atom stereocenters. The van der Waals surface area contributed by atoms with Gasteiger partial charge in [-0.1, -0.05) is 22.9 Å². The van der Waals surface area contributed by atoms with Crippen molar-refractivity contribution in [2.24, 2.45) is 0 Å². The summed E-state index contributed by atoms with van der Waals surface area (Å²) in [5, 5.41) is 0.159. The number of esters is 1. The Kier molecular flexibility index (Phi) is 4.15. The van der Waals surface area contributed by atoms with Gasteiger partial charge in [-0.25, -0.2) is 18.2 Å². The molecule has 1 saturated carbocycles. The molecule has 2 heterocycles. The number of sulfonamides is 1. The zero-order chi connectivity index (χ0) is 15.9. The quantitative estimate of drug-likeness (QED) is 0.806. The van der Waals surface area contributed by atoms with E-state index in [2.05, 4.69) is 9.71 Å². The lowest BCUT2D eigenvalue weighted by atomic mass is 10.2. The van der Waals surface area contributed by atoms with E-state index in [9.17, 15) is 13.2 Å². The van der Waals surface area contributed by atoms with E-state index in [1.165, 1.54) is 19.2 Å². The van der Waals surface area contributed by atoms with Crippen molar-refractivity contribution < 1.29 is 17.9 Å². The molecule has 0 amide bonds. The summed E-state index contributed by atoms with van der Waals surface area (Å²) < 4.78 is 32.1. The highest BCUT2D eigenvalue weighted by atomic mass is 35.5. The number of hydrogen-bond donors (Lipinski definition) is 1. The minimum atomic E-state index is -3.75. The van der Waals surface area contributed by atoms with Crippen LogP contribution in [0.2, 0.25) is 4.34 Å². The van der Waals surface area contributed by atoms with Crippen LogP contribution in [0.15, 0.2) is 16.3 Å². The van der Waals surface area contributed by atoms with Crippen LogP contribution in [0.3, 0.4) is 0 Å². The summed E-state index contributed by atoms with van der Waals surface area (Å²) in [6, 6.07) is 2.93. The summed E-state index contributed by atoms with van der Waals surface area (Å²) in [5.41, 5.74) is 0.610. The van der Waals surface area contributed by atoms with Crippen molar-refractivity contribution in [2.45, 2.75) is 23.0 Å². The van der Waals surface area contributed by atoms with E-state index in [0.29, 0.717) is 14.9 Å². The average molecular weight is 379 g/mol. The number of halogens is 1. The van der Waals surface area contributed by atoms with Crippen LogP contribution in [-0.2, 0) is 14.8 Å². The second-order valence-corrected chi connectivity index (χ2v) is 9.29. The van der Waals surface area contributed by atoms with Gasteiger partial charge in [-0.15, -0.1) is 11.3 Å². The molecule has 6 nitrogen and oxygen atoms in total. The first-order valence-electron chi connectivity index (χ1n) is 6.28. The molecule has 1 N–H and O–H groups in total. The Bertz CT molecular complexity index is 823. The third kappa shape index (κ3) is 3.12. The number of thiazole rings is 1. The van der Waals surface area contributed by atoms with Crippen molar-refractivity contribution in [2.75, 3.05) is 11.8 Å². The molecule has 1 aliphatic rings. The molecule has 0 aliphatic heterocycles. The van der Waals surface area contributed by atoms with Crippen LogP contribution in [0.25, 0.3) is 0 Å². The van der Waals surface area contributed by atoms with E-state index in [4.69, 9.17) is 16.3 Å². The van der Waals surface area contributed by atoms with E-state index in [1.807, 2.05) is 0 Å². The van der Waals surface area contributed by atoms with Crippen LogP contribution in [0.5, 0.6) is 0 Å². The van der Waals surface area contributed by atoms with Gasteiger partial charge in [0, 0.05) is 5.92 Å². The Morgan fingerprint density at radius 1 is 1.41 bits per heavy atom. The highest BCUT2D eigenvalue weighted by Crippen LogP contribution is 2.44. The van der Waals surface area contributed by atoms with Crippen LogP contribution in [0.4, 0.5) is 5.13 Å². The summed E-state index contributed by atoms with van der Waals surface area (Å²) in [4.78, 5) is 16.4. The molecule has 0 unspecified atom stereocenters. The summed E-state index contributed by atoms with van der Waals surface area (Å²) in [6.45, 7) is 0. The maximum absolute atomic E-state index is 12.3. The number of aromatic nitrogens is 1. The Labute approximate surface area is 140 Å². The van der Waals surface area contributed by atoms with Crippen LogP contribution < -0.4 is 4.72 Å².